The van der Waals surface area contributed by atoms with Crippen molar-refractivity contribution in [1.29, 1.82) is 0 Å². The van der Waals surface area contributed by atoms with E-state index < -0.39 is 0 Å². The van der Waals surface area contributed by atoms with Gasteiger partial charge in [-0.1, -0.05) is 42.1 Å². The van der Waals surface area contributed by atoms with Gasteiger partial charge in [-0.05, 0) is 42.0 Å². The van der Waals surface area contributed by atoms with Gasteiger partial charge in [-0.25, -0.2) is 5.43 Å². The SMILES string of the molecule is COc1cccc(CC(=O)N/N=C/c2ccc(Sc3ccccc3)o2)c1. The molecule has 0 aliphatic rings. The summed E-state index contributed by atoms with van der Waals surface area (Å²) in [7, 11) is 1.59. The minimum atomic E-state index is -0.208. The highest BCUT2D eigenvalue weighted by Gasteiger charge is 2.05. The number of carbonyl (C=O) groups is 1. The van der Waals surface area contributed by atoms with Crippen molar-refractivity contribution in [2.45, 2.75) is 16.4 Å². The van der Waals surface area contributed by atoms with Gasteiger partial charge in [0.05, 0.1) is 19.7 Å². The maximum atomic E-state index is 11.9. The van der Waals surface area contributed by atoms with Crippen molar-refractivity contribution in [3.05, 3.63) is 78.1 Å². The predicted molar refractivity (Wildman–Crippen MR) is 102 cm³/mol. The van der Waals surface area contributed by atoms with Crippen LogP contribution >= 0.6 is 11.8 Å². The Morgan fingerprint density at radius 1 is 1.15 bits per heavy atom. The van der Waals surface area contributed by atoms with E-state index in [2.05, 4.69) is 10.5 Å². The lowest BCUT2D eigenvalue weighted by Gasteiger charge is -2.03. The largest absolute Gasteiger partial charge is 0.497 e. The molecular weight excluding hydrogens is 348 g/mol. The molecule has 0 fully saturated rings. The number of furan rings is 1. The molecular formula is C20H18N2O3S. The minimum Gasteiger partial charge on any atom is -0.497 e. The zero-order valence-electron chi connectivity index (χ0n) is 14.2. The Morgan fingerprint density at radius 2 is 2.00 bits per heavy atom. The van der Waals surface area contributed by atoms with Gasteiger partial charge >= 0.3 is 0 Å². The molecule has 0 aliphatic heterocycles. The molecule has 0 atom stereocenters. The summed E-state index contributed by atoms with van der Waals surface area (Å²) in [5, 5.41) is 4.71. The molecule has 0 saturated carbocycles. The quantitative estimate of drug-likeness (QED) is 0.504. The van der Waals surface area contributed by atoms with Crippen LogP contribution in [0.1, 0.15) is 11.3 Å². The zero-order valence-corrected chi connectivity index (χ0v) is 15.0. The summed E-state index contributed by atoms with van der Waals surface area (Å²) in [6.07, 6.45) is 1.71. The maximum Gasteiger partial charge on any atom is 0.244 e. The van der Waals surface area contributed by atoms with E-state index in [9.17, 15) is 4.79 Å². The lowest BCUT2D eigenvalue weighted by Crippen LogP contribution is -2.19. The van der Waals surface area contributed by atoms with E-state index in [-0.39, 0.29) is 12.3 Å². The summed E-state index contributed by atoms with van der Waals surface area (Å²) in [5.74, 6) is 1.09. The molecule has 2 aromatic carbocycles. The molecule has 3 aromatic rings. The molecule has 0 spiro atoms. The van der Waals surface area contributed by atoms with Gasteiger partial charge < -0.3 is 9.15 Å². The number of amides is 1. The van der Waals surface area contributed by atoms with Crippen LogP contribution in [0, 0.1) is 0 Å². The van der Waals surface area contributed by atoms with Crippen molar-refractivity contribution in [2.24, 2.45) is 5.10 Å². The molecule has 0 aliphatic carbocycles. The third kappa shape index (κ3) is 5.26. The van der Waals surface area contributed by atoms with Crippen LogP contribution in [0.3, 0.4) is 0 Å². The van der Waals surface area contributed by atoms with Crippen LogP contribution in [-0.2, 0) is 11.2 Å². The van der Waals surface area contributed by atoms with Gasteiger partial charge in [0.2, 0.25) is 5.91 Å². The van der Waals surface area contributed by atoms with E-state index in [0.29, 0.717) is 5.76 Å². The first-order valence-corrected chi connectivity index (χ1v) is 8.82. The highest BCUT2D eigenvalue weighted by Crippen LogP contribution is 2.28. The van der Waals surface area contributed by atoms with Crippen molar-refractivity contribution < 1.29 is 13.9 Å². The first kappa shape index (κ1) is 17.8. The molecule has 1 aromatic heterocycles. The smallest absolute Gasteiger partial charge is 0.244 e. The van der Waals surface area contributed by atoms with Crippen LogP contribution < -0.4 is 10.2 Å². The molecule has 1 heterocycles. The molecule has 0 saturated heterocycles. The van der Waals surface area contributed by atoms with Gasteiger partial charge in [-0.3, -0.25) is 4.79 Å². The minimum absolute atomic E-state index is 0.208. The summed E-state index contributed by atoms with van der Waals surface area (Å²) in [6, 6.07) is 21.0. The van der Waals surface area contributed by atoms with Crippen molar-refractivity contribution >= 4 is 23.9 Å². The molecule has 6 heteroatoms. The van der Waals surface area contributed by atoms with Gasteiger partial charge in [-0.2, -0.15) is 5.10 Å². The number of nitrogens with zero attached hydrogens (tertiary/aromatic N) is 1. The monoisotopic (exact) mass is 366 g/mol. The Bertz CT molecular complexity index is 891. The number of ether oxygens (including phenoxy) is 1. The second-order valence-electron chi connectivity index (χ2n) is 5.39. The Kier molecular flexibility index (Phi) is 6.11. The first-order valence-electron chi connectivity index (χ1n) is 8.00. The normalized spacial score (nSPS) is 10.8. The number of hydrazone groups is 1. The van der Waals surface area contributed by atoms with Gasteiger partial charge in [0.15, 0.2) is 5.09 Å². The molecule has 0 radical (unpaired) electrons. The second kappa shape index (κ2) is 8.92. The van der Waals surface area contributed by atoms with Gasteiger partial charge in [0, 0.05) is 4.90 Å². The number of methoxy groups -OCH3 is 1. The average Bonchev–Trinajstić information content (AvgIpc) is 3.10. The Balaban J connectivity index is 1.51. The highest BCUT2D eigenvalue weighted by atomic mass is 32.2. The van der Waals surface area contributed by atoms with Gasteiger partial charge in [0.25, 0.3) is 0 Å². The lowest BCUT2D eigenvalue weighted by atomic mass is 10.1. The maximum absolute atomic E-state index is 11.9. The third-order valence-electron chi connectivity index (χ3n) is 3.44. The second-order valence-corrected chi connectivity index (χ2v) is 6.47. The molecule has 26 heavy (non-hydrogen) atoms. The van der Waals surface area contributed by atoms with E-state index in [1.807, 2.05) is 66.7 Å². The molecule has 1 N–H and O–H groups in total. The molecule has 1 amide bonds. The van der Waals surface area contributed by atoms with Crippen molar-refractivity contribution in [3.8, 4) is 5.75 Å². The lowest BCUT2D eigenvalue weighted by molar-refractivity contribution is -0.120. The summed E-state index contributed by atoms with van der Waals surface area (Å²) in [4.78, 5) is 13.0. The van der Waals surface area contributed by atoms with E-state index in [0.717, 1.165) is 21.3 Å². The van der Waals surface area contributed by atoms with E-state index in [1.165, 1.54) is 18.0 Å². The molecule has 132 valence electrons. The highest BCUT2D eigenvalue weighted by molar-refractivity contribution is 7.99. The fraction of sp³-hybridized carbons (Fsp3) is 0.100. The van der Waals surface area contributed by atoms with Crippen LogP contribution in [0.15, 0.2) is 86.2 Å². The number of rotatable bonds is 7. The molecule has 3 rings (SSSR count). The number of benzene rings is 2. The van der Waals surface area contributed by atoms with Gasteiger partial charge in [0.1, 0.15) is 11.5 Å². The summed E-state index contributed by atoms with van der Waals surface area (Å²) >= 11 is 1.53. The zero-order chi connectivity index (χ0) is 18.2. The van der Waals surface area contributed by atoms with Crippen molar-refractivity contribution in [3.63, 3.8) is 0 Å². The van der Waals surface area contributed by atoms with Gasteiger partial charge in [-0.15, -0.1) is 0 Å². The standard InChI is InChI=1S/C20H18N2O3S/c1-24-16-7-5-6-15(12-16)13-19(23)22-21-14-17-10-11-20(25-17)26-18-8-3-2-4-9-18/h2-12,14H,13H2,1H3,(H,22,23)/b21-14+. The Hall–Kier alpha value is -2.99. The van der Waals surface area contributed by atoms with Crippen molar-refractivity contribution in [1.82, 2.24) is 5.43 Å². The summed E-state index contributed by atoms with van der Waals surface area (Å²) in [5.41, 5.74) is 3.36. The topological polar surface area (TPSA) is 63.8 Å². The number of hydrogen-bond acceptors (Lipinski definition) is 5. The Labute approximate surface area is 156 Å². The fourth-order valence-electron chi connectivity index (χ4n) is 2.24. The summed E-state index contributed by atoms with van der Waals surface area (Å²) < 4.78 is 10.8. The molecule has 0 unspecified atom stereocenters. The molecule has 0 bridgehead atoms. The third-order valence-corrected chi connectivity index (χ3v) is 4.37. The predicted octanol–water partition coefficient (Wildman–Crippen LogP) is 4.13. The first-order chi connectivity index (χ1) is 12.7. The van der Waals surface area contributed by atoms with E-state index in [1.54, 1.807) is 7.11 Å². The Morgan fingerprint density at radius 3 is 2.81 bits per heavy atom. The number of carbonyl (C=O) groups excluding carboxylic acids is 1. The average molecular weight is 366 g/mol. The molecule has 5 nitrogen and oxygen atoms in total. The van der Waals surface area contributed by atoms with Crippen molar-refractivity contribution in [2.75, 3.05) is 7.11 Å². The number of hydrogen-bond donors (Lipinski definition) is 1. The van der Waals surface area contributed by atoms with Crippen LogP contribution in [0.5, 0.6) is 5.75 Å². The van der Waals surface area contributed by atoms with E-state index >= 15 is 0 Å². The van der Waals surface area contributed by atoms with Crippen LogP contribution in [0.4, 0.5) is 0 Å². The van der Waals surface area contributed by atoms with Crippen LogP contribution in [-0.4, -0.2) is 19.2 Å². The summed E-state index contributed by atoms with van der Waals surface area (Å²) in [6.45, 7) is 0. The fourth-order valence-corrected chi connectivity index (χ4v) is 3.04. The van der Waals surface area contributed by atoms with Crippen LogP contribution in [0.2, 0.25) is 0 Å². The van der Waals surface area contributed by atoms with E-state index in [4.69, 9.17) is 9.15 Å². The van der Waals surface area contributed by atoms with Crippen LogP contribution in [0.25, 0.3) is 0 Å². The number of nitrogens with one attached hydrogen (secondary N) is 1.